The molecule has 30 heavy (non-hydrogen) atoms. The van der Waals surface area contributed by atoms with Crippen molar-refractivity contribution >= 4 is 5.97 Å². The minimum absolute atomic E-state index is 0.109. The average molecular weight is 404 g/mol. The summed E-state index contributed by atoms with van der Waals surface area (Å²) in [6.45, 7) is 8.61. The highest BCUT2D eigenvalue weighted by Crippen LogP contribution is 2.33. The largest absolute Gasteiger partial charge is 0.456 e. The van der Waals surface area contributed by atoms with E-state index in [9.17, 15) is 4.79 Å². The summed E-state index contributed by atoms with van der Waals surface area (Å²) >= 11 is 0. The van der Waals surface area contributed by atoms with Gasteiger partial charge in [0.25, 0.3) is 0 Å². The number of pyridine rings is 2. The van der Waals surface area contributed by atoms with Crippen molar-refractivity contribution in [2.75, 3.05) is 0 Å². The molecule has 5 nitrogen and oxygen atoms in total. The zero-order chi connectivity index (χ0) is 21.7. The molecule has 0 saturated carbocycles. The summed E-state index contributed by atoms with van der Waals surface area (Å²) in [5.41, 5.74) is 12.8. The van der Waals surface area contributed by atoms with Crippen molar-refractivity contribution in [1.29, 1.82) is 0 Å². The molecule has 3 rings (SSSR count). The molecule has 3 aromatic rings. The van der Waals surface area contributed by atoms with Crippen LogP contribution in [0.15, 0.2) is 48.7 Å². The van der Waals surface area contributed by atoms with Gasteiger partial charge in [-0.15, -0.1) is 0 Å². The maximum Gasteiger partial charge on any atom is 0.341 e. The maximum absolute atomic E-state index is 13.2. The van der Waals surface area contributed by atoms with Crippen LogP contribution in [0.5, 0.6) is 0 Å². The average Bonchev–Trinajstić information content (AvgIpc) is 2.72. The Morgan fingerprint density at radius 3 is 2.43 bits per heavy atom. The van der Waals surface area contributed by atoms with Crippen LogP contribution in [0, 0.1) is 19.8 Å². The van der Waals surface area contributed by atoms with Gasteiger partial charge in [-0.25, -0.2) is 4.79 Å². The monoisotopic (exact) mass is 403 g/mol. The van der Waals surface area contributed by atoms with Crippen LogP contribution >= 0.6 is 0 Å². The number of nitrogens with two attached hydrogens (primary N) is 1. The van der Waals surface area contributed by atoms with E-state index in [0.717, 1.165) is 34.4 Å². The second kappa shape index (κ2) is 9.63. The number of aromatic nitrogens is 2. The van der Waals surface area contributed by atoms with Crippen LogP contribution < -0.4 is 5.73 Å². The number of ether oxygens (including phenoxy) is 1. The lowest BCUT2D eigenvalue weighted by Crippen LogP contribution is -2.17. The summed E-state index contributed by atoms with van der Waals surface area (Å²) in [5.74, 6) is 0.0158. The van der Waals surface area contributed by atoms with Crippen molar-refractivity contribution in [3.63, 3.8) is 0 Å². The van der Waals surface area contributed by atoms with Crippen molar-refractivity contribution in [2.45, 2.75) is 47.3 Å². The zero-order valence-corrected chi connectivity index (χ0v) is 18.1. The summed E-state index contributed by atoms with van der Waals surface area (Å²) in [7, 11) is 0. The molecule has 0 unspecified atom stereocenters. The predicted molar refractivity (Wildman–Crippen MR) is 119 cm³/mol. The Kier molecular flexibility index (Phi) is 6.95. The molecule has 0 fully saturated rings. The summed E-state index contributed by atoms with van der Waals surface area (Å²) in [5, 5.41) is 0. The molecule has 5 heteroatoms. The number of benzene rings is 1. The van der Waals surface area contributed by atoms with Crippen molar-refractivity contribution in [1.82, 2.24) is 9.97 Å². The van der Waals surface area contributed by atoms with Crippen LogP contribution in [0.1, 0.15) is 52.4 Å². The molecule has 0 saturated heterocycles. The smallest absolute Gasteiger partial charge is 0.341 e. The van der Waals surface area contributed by atoms with Crippen molar-refractivity contribution in [3.05, 3.63) is 82.4 Å². The van der Waals surface area contributed by atoms with Gasteiger partial charge >= 0.3 is 5.97 Å². The predicted octanol–water partition coefficient (Wildman–Crippen LogP) is 4.77. The molecular weight excluding hydrogens is 374 g/mol. The number of rotatable bonds is 7. The maximum atomic E-state index is 13.2. The molecule has 2 N–H and O–H groups in total. The molecule has 2 aromatic heterocycles. The number of nitrogens with zero attached hydrogens (tertiary/aromatic N) is 2. The Morgan fingerprint density at radius 1 is 1.10 bits per heavy atom. The fourth-order valence-corrected chi connectivity index (χ4v) is 3.56. The van der Waals surface area contributed by atoms with Crippen LogP contribution in [0.3, 0.4) is 0 Å². The van der Waals surface area contributed by atoms with E-state index in [1.54, 1.807) is 6.20 Å². The van der Waals surface area contributed by atoms with Gasteiger partial charge in [0.15, 0.2) is 0 Å². The molecule has 0 amide bonds. The minimum atomic E-state index is -0.410. The van der Waals surface area contributed by atoms with Crippen LogP contribution in [0.4, 0.5) is 0 Å². The third kappa shape index (κ3) is 4.92. The molecule has 0 bridgehead atoms. The highest BCUT2D eigenvalue weighted by molar-refractivity contribution is 5.99. The van der Waals surface area contributed by atoms with E-state index in [1.165, 1.54) is 0 Å². The van der Waals surface area contributed by atoms with Crippen LogP contribution in [0.2, 0.25) is 0 Å². The number of carbonyl (C=O) groups is 1. The normalized spacial score (nSPS) is 11.0. The lowest BCUT2D eigenvalue weighted by Gasteiger charge is -2.20. The number of hydrogen-bond donors (Lipinski definition) is 1. The first-order valence-electron chi connectivity index (χ1n) is 10.3. The highest BCUT2D eigenvalue weighted by atomic mass is 16.5. The van der Waals surface area contributed by atoms with Gasteiger partial charge in [-0.3, -0.25) is 9.97 Å². The molecule has 2 heterocycles. The SMILES string of the molecule is Cc1ccc(-c2c(CN)c(CC(C)C)nc(C)c2C(=O)OCc2ccccn2)cc1. The molecule has 0 aliphatic carbocycles. The Hall–Kier alpha value is -3.05. The third-order valence-electron chi connectivity index (χ3n) is 4.99. The van der Waals surface area contributed by atoms with E-state index >= 15 is 0 Å². The molecular formula is C25H29N3O2. The summed E-state index contributed by atoms with van der Waals surface area (Å²) in [6, 6.07) is 13.7. The molecule has 0 atom stereocenters. The topological polar surface area (TPSA) is 78.1 Å². The zero-order valence-electron chi connectivity index (χ0n) is 18.1. The quantitative estimate of drug-likeness (QED) is 0.575. The van der Waals surface area contributed by atoms with Crippen molar-refractivity contribution < 1.29 is 9.53 Å². The second-order valence-electron chi connectivity index (χ2n) is 7.94. The first kappa shape index (κ1) is 21.7. The van der Waals surface area contributed by atoms with E-state index in [4.69, 9.17) is 15.5 Å². The molecule has 156 valence electrons. The van der Waals surface area contributed by atoms with Gasteiger partial charge in [-0.1, -0.05) is 49.7 Å². The van der Waals surface area contributed by atoms with Crippen molar-refractivity contribution in [3.8, 4) is 11.1 Å². The van der Waals surface area contributed by atoms with E-state index in [2.05, 4.69) is 18.8 Å². The summed E-state index contributed by atoms with van der Waals surface area (Å²) in [6.07, 6.45) is 2.48. The Labute approximate surface area is 178 Å². The standard InChI is InChI=1S/C25H29N3O2/c1-16(2)13-22-21(14-26)24(19-10-8-17(3)9-11-19)23(18(4)28-22)25(29)30-15-20-7-5-6-12-27-20/h5-12,16H,13-15,26H2,1-4H3. The van der Waals surface area contributed by atoms with Crippen molar-refractivity contribution in [2.24, 2.45) is 11.7 Å². The van der Waals surface area contributed by atoms with E-state index in [-0.39, 0.29) is 6.61 Å². The third-order valence-corrected chi connectivity index (χ3v) is 4.99. The fourth-order valence-electron chi connectivity index (χ4n) is 3.56. The minimum Gasteiger partial charge on any atom is -0.456 e. The Morgan fingerprint density at radius 2 is 1.83 bits per heavy atom. The van der Waals surface area contributed by atoms with Gasteiger partial charge in [0.1, 0.15) is 6.61 Å². The van der Waals surface area contributed by atoms with Crippen LogP contribution in [-0.2, 0) is 24.3 Å². The number of hydrogen-bond acceptors (Lipinski definition) is 5. The number of aryl methyl sites for hydroxylation is 2. The van der Waals surface area contributed by atoms with Crippen LogP contribution in [0.25, 0.3) is 11.1 Å². The van der Waals surface area contributed by atoms with Crippen LogP contribution in [-0.4, -0.2) is 15.9 Å². The van der Waals surface area contributed by atoms with Gasteiger partial charge in [0, 0.05) is 24.0 Å². The highest BCUT2D eigenvalue weighted by Gasteiger charge is 2.24. The van der Waals surface area contributed by atoms with Gasteiger partial charge in [0.05, 0.1) is 17.0 Å². The second-order valence-corrected chi connectivity index (χ2v) is 7.94. The van der Waals surface area contributed by atoms with E-state index in [0.29, 0.717) is 29.4 Å². The molecule has 1 aromatic carbocycles. The van der Waals surface area contributed by atoms with Gasteiger partial charge in [0.2, 0.25) is 0 Å². The molecule has 0 spiro atoms. The number of esters is 1. The summed E-state index contributed by atoms with van der Waals surface area (Å²) < 4.78 is 5.62. The first-order chi connectivity index (χ1) is 14.4. The Bertz CT molecular complexity index is 1010. The van der Waals surface area contributed by atoms with Gasteiger partial charge in [-0.05, 0) is 49.4 Å². The number of carbonyl (C=O) groups excluding carboxylic acids is 1. The molecule has 0 aliphatic rings. The van der Waals surface area contributed by atoms with Gasteiger partial charge in [-0.2, -0.15) is 0 Å². The molecule has 0 aliphatic heterocycles. The van der Waals surface area contributed by atoms with Gasteiger partial charge < -0.3 is 10.5 Å². The lowest BCUT2D eigenvalue weighted by atomic mass is 9.90. The lowest BCUT2D eigenvalue weighted by molar-refractivity contribution is 0.0467. The molecule has 0 radical (unpaired) electrons. The Balaban J connectivity index is 2.10. The van der Waals surface area contributed by atoms with E-state index in [1.807, 2.05) is 56.3 Å². The fraction of sp³-hybridized carbons (Fsp3) is 0.320. The van der Waals surface area contributed by atoms with E-state index < -0.39 is 5.97 Å². The first-order valence-corrected chi connectivity index (χ1v) is 10.3. The summed E-state index contributed by atoms with van der Waals surface area (Å²) in [4.78, 5) is 22.2.